The van der Waals surface area contributed by atoms with Crippen molar-refractivity contribution in [1.29, 1.82) is 15.8 Å². The van der Waals surface area contributed by atoms with E-state index in [1.54, 1.807) is 94.5 Å². The monoisotopic (exact) mass is 832 g/mol. The van der Waals surface area contributed by atoms with Gasteiger partial charge in [0, 0.05) is 41.8 Å². The fourth-order valence-corrected chi connectivity index (χ4v) is 6.97. The van der Waals surface area contributed by atoms with Crippen molar-refractivity contribution < 1.29 is 36.3 Å². The molecule has 300 valence electrons. The summed E-state index contributed by atoms with van der Waals surface area (Å²) in [5, 5.41) is 53.0. The number of hydrogen-bond acceptors (Lipinski definition) is 9. The number of nitriles is 3. The first kappa shape index (κ1) is 44.1. The summed E-state index contributed by atoms with van der Waals surface area (Å²) >= 11 is 0. The summed E-state index contributed by atoms with van der Waals surface area (Å²) in [7, 11) is 3.38. The summed E-state index contributed by atoms with van der Waals surface area (Å²) in [4.78, 5) is 44.7. The molecule has 0 atom stereocenters. The molecular formula is C42H38N12NiO4. The van der Waals surface area contributed by atoms with Crippen LogP contribution in [-0.2, 0) is 39.2 Å². The summed E-state index contributed by atoms with van der Waals surface area (Å²) in [5.74, 6) is -1.07. The zero-order chi connectivity index (χ0) is 42.6. The molecule has 17 heteroatoms. The number of carbonyl (C=O) groups is 2. The largest absolute Gasteiger partial charge is 2.00 e. The SMILES string of the molecule is CNc1[n-]c(C(=C2N=C(C)C(C#N)=C2C)c2cccn2CC(=O)O)c(C)c1C#N.[C-]#[N+]C1=C(C)C(=C(c2[n-]c(C)c(C#N)c2C)c2cccn2CC(=O)O)N=C1NC.[Ni+2]. The average Bonchev–Trinajstić information content (AvgIpc) is 4.04. The maximum atomic E-state index is 11.3. The number of carboxylic acids is 2. The van der Waals surface area contributed by atoms with E-state index in [0.717, 1.165) is 0 Å². The van der Waals surface area contributed by atoms with Crippen LogP contribution in [0.3, 0.4) is 0 Å². The van der Waals surface area contributed by atoms with Gasteiger partial charge < -0.3 is 39.9 Å². The van der Waals surface area contributed by atoms with Gasteiger partial charge in [-0.2, -0.15) is 15.8 Å². The molecule has 6 heterocycles. The number of carboxylic acid groups (broad SMARTS) is 2. The molecule has 6 rings (SSSR count). The molecule has 0 aromatic carbocycles. The van der Waals surface area contributed by atoms with E-state index in [1.807, 2.05) is 6.92 Å². The van der Waals surface area contributed by atoms with Gasteiger partial charge in [0.2, 0.25) is 5.70 Å². The Bertz CT molecular complexity index is 2770. The van der Waals surface area contributed by atoms with Gasteiger partial charge in [-0.1, -0.05) is 14.0 Å². The molecular weight excluding hydrogens is 795 g/mol. The molecule has 4 aromatic rings. The minimum absolute atomic E-state index is 0. The number of anilines is 1. The number of aliphatic imine (C=N–C) groups is 2. The van der Waals surface area contributed by atoms with E-state index in [2.05, 4.69) is 53.6 Å². The summed E-state index contributed by atoms with van der Waals surface area (Å²) in [6.07, 6.45) is 3.34. The number of aryl methyl sites for hydroxylation is 1. The third kappa shape index (κ3) is 8.15. The standard InChI is InChI=1S/2C21H20N6O2.Ni/c1-11-14(9-22)13(3)25-18(11)17(15-7-6-8-27(15)10-16(28)29)19-12(2)20(23-4)21(24-5)26-19;1-11-14(8-22)13(3)25-19(11)18(16-6-5-7-27(16)10-17(28)29)20-12(2)15(9-23)21(24-4)26-20;/h6-8,22H,10H2,1-3,5H3,(H2,24,26,28,29);5-7,23H,10H2,1-4H3,(H2,24,26,28,29);/q;;+2/p-2. The van der Waals surface area contributed by atoms with Gasteiger partial charge in [-0.05, 0) is 92.7 Å². The average molecular weight is 834 g/mol. The Morgan fingerprint density at radius 1 is 0.780 bits per heavy atom. The van der Waals surface area contributed by atoms with Crippen molar-refractivity contribution >= 4 is 40.4 Å². The molecule has 2 aliphatic heterocycles. The van der Waals surface area contributed by atoms with Gasteiger partial charge in [0.1, 0.15) is 25.0 Å². The predicted molar refractivity (Wildman–Crippen MR) is 216 cm³/mol. The first-order valence-corrected chi connectivity index (χ1v) is 17.7. The van der Waals surface area contributed by atoms with Crippen molar-refractivity contribution in [3.05, 3.63) is 133 Å². The van der Waals surface area contributed by atoms with Crippen molar-refractivity contribution in [3.8, 4) is 18.2 Å². The minimum atomic E-state index is -0.983. The summed E-state index contributed by atoms with van der Waals surface area (Å²) in [6, 6.07) is 13.6. The molecule has 4 aromatic heterocycles. The van der Waals surface area contributed by atoms with Crippen LogP contribution in [0.1, 0.15) is 71.5 Å². The Hall–Kier alpha value is -7.59. The molecule has 0 aliphatic carbocycles. The quantitative estimate of drug-likeness (QED) is 0.123. The summed E-state index contributed by atoms with van der Waals surface area (Å²) in [5.41, 5.74) is 10.3. The molecule has 0 radical (unpaired) electrons. The molecule has 0 unspecified atom stereocenters. The third-order valence-corrected chi connectivity index (χ3v) is 9.74. The number of aromatic nitrogens is 4. The maximum absolute atomic E-state index is 11.3. The van der Waals surface area contributed by atoms with Crippen LogP contribution in [0.5, 0.6) is 0 Å². The Morgan fingerprint density at radius 3 is 1.68 bits per heavy atom. The van der Waals surface area contributed by atoms with E-state index in [9.17, 15) is 35.6 Å². The van der Waals surface area contributed by atoms with Crippen molar-refractivity contribution in [2.45, 2.75) is 54.6 Å². The Labute approximate surface area is 350 Å². The fraction of sp³-hybridized carbons (Fsp3) is 0.238. The number of amidine groups is 1. The van der Waals surface area contributed by atoms with E-state index in [1.165, 1.54) is 0 Å². The number of allylic oxidation sites excluding steroid dienone is 3. The smallest absolute Gasteiger partial charge is 0.660 e. The van der Waals surface area contributed by atoms with Gasteiger partial charge in [-0.15, -0.1) is 11.4 Å². The minimum Gasteiger partial charge on any atom is -0.660 e. The fourth-order valence-electron chi connectivity index (χ4n) is 6.97. The van der Waals surface area contributed by atoms with Crippen LogP contribution < -0.4 is 20.6 Å². The summed E-state index contributed by atoms with van der Waals surface area (Å²) in [6.45, 7) is 17.8. The van der Waals surface area contributed by atoms with Crippen molar-refractivity contribution in [2.24, 2.45) is 9.98 Å². The van der Waals surface area contributed by atoms with Crippen LogP contribution in [0.2, 0.25) is 0 Å². The second-order valence-electron chi connectivity index (χ2n) is 13.2. The van der Waals surface area contributed by atoms with E-state index >= 15 is 0 Å². The van der Waals surface area contributed by atoms with Gasteiger partial charge in [0.25, 0.3) is 0 Å². The molecule has 0 fully saturated rings. The molecule has 0 amide bonds. The van der Waals surface area contributed by atoms with Crippen molar-refractivity contribution in [2.75, 3.05) is 19.4 Å². The zero-order valence-corrected chi connectivity index (χ0v) is 34.4. The molecule has 16 nitrogen and oxygen atoms in total. The second kappa shape index (κ2) is 18.1. The number of likely N-dealkylation sites (N-methyl/N-ethyl adjacent to an activating group) is 1. The Morgan fingerprint density at radius 2 is 1.29 bits per heavy atom. The first-order chi connectivity index (χ1) is 27.7. The number of nitrogens with one attached hydrogen (secondary N) is 2. The normalized spacial score (nSPS) is 14.8. The Kier molecular flexibility index (Phi) is 13.6. The van der Waals surface area contributed by atoms with E-state index < -0.39 is 11.9 Å². The van der Waals surface area contributed by atoms with Gasteiger partial charge in [-0.25, -0.2) is 9.84 Å². The van der Waals surface area contributed by atoms with E-state index in [0.29, 0.717) is 113 Å². The van der Waals surface area contributed by atoms with Crippen molar-refractivity contribution in [1.82, 2.24) is 24.4 Å². The molecule has 0 spiro atoms. The van der Waals surface area contributed by atoms with E-state index in [4.69, 9.17) is 6.57 Å². The van der Waals surface area contributed by atoms with Crippen LogP contribution in [0.25, 0.3) is 16.0 Å². The molecule has 2 aliphatic rings. The van der Waals surface area contributed by atoms with Crippen LogP contribution >= 0.6 is 0 Å². The van der Waals surface area contributed by atoms with Gasteiger partial charge >= 0.3 is 28.4 Å². The number of aliphatic carboxylic acids is 2. The van der Waals surface area contributed by atoms with Crippen LogP contribution in [-0.4, -0.2) is 56.9 Å². The zero-order valence-electron chi connectivity index (χ0n) is 33.4. The number of hydrogen-bond donors (Lipinski definition) is 4. The number of rotatable bonds is 9. The topological polar surface area (TPSA) is 237 Å². The molecule has 0 saturated carbocycles. The van der Waals surface area contributed by atoms with E-state index in [-0.39, 0.29) is 29.6 Å². The second-order valence-corrected chi connectivity index (χ2v) is 13.2. The molecule has 4 N–H and O–H groups in total. The molecule has 0 bridgehead atoms. The van der Waals surface area contributed by atoms with Crippen LogP contribution in [0, 0.1) is 61.3 Å². The molecule has 0 saturated heterocycles. The maximum Gasteiger partial charge on any atom is 2.00 e. The Balaban J connectivity index is 0.000000256. The summed E-state index contributed by atoms with van der Waals surface area (Å²) < 4.78 is 3.18. The van der Waals surface area contributed by atoms with Gasteiger partial charge in [-0.3, -0.25) is 14.6 Å². The van der Waals surface area contributed by atoms with Gasteiger partial charge in [0.05, 0.1) is 52.6 Å². The van der Waals surface area contributed by atoms with Crippen molar-refractivity contribution in [3.63, 3.8) is 0 Å². The predicted octanol–water partition coefficient (Wildman–Crippen LogP) is 5.43. The van der Waals surface area contributed by atoms with Crippen LogP contribution in [0.4, 0.5) is 5.82 Å². The third-order valence-electron chi connectivity index (χ3n) is 9.74. The van der Waals surface area contributed by atoms with Crippen LogP contribution in [0.15, 0.2) is 80.5 Å². The molecule has 59 heavy (non-hydrogen) atoms. The number of nitrogens with zero attached hydrogens (tertiary/aromatic N) is 10. The first-order valence-electron chi connectivity index (χ1n) is 17.7. The van der Waals surface area contributed by atoms with Gasteiger partial charge in [0.15, 0.2) is 0 Å².